The van der Waals surface area contributed by atoms with Crippen molar-refractivity contribution in [3.05, 3.63) is 12.4 Å². The molecule has 0 radical (unpaired) electrons. The molecular formula is C13H20N4O3S. The molecule has 2 aliphatic rings. The smallest absolute Gasteiger partial charge is 0.246 e. The lowest BCUT2D eigenvalue weighted by Crippen LogP contribution is -2.43. The number of sulfonamides is 1. The molecule has 116 valence electrons. The highest BCUT2D eigenvalue weighted by Crippen LogP contribution is 2.25. The van der Waals surface area contributed by atoms with Gasteiger partial charge in [-0.15, -0.1) is 0 Å². The Labute approximate surface area is 124 Å². The summed E-state index contributed by atoms with van der Waals surface area (Å²) in [6.07, 6.45) is 6.07. The maximum Gasteiger partial charge on any atom is 0.246 e. The number of aromatic nitrogens is 2. The molecule has 0 bridgehead atoms. The first-order valence-corrected chi connectivity index (χ1v) is 8.81. The summed E-state index contributed by atoms with van der Waals surface area (Å²) in [5.41, 5.74) is 0. The van der Waals surface area contributed by atoms with E-state index in [1.54, 1.807) is 0 Å². The first-order chi connectivity index (χ1) is 10.1. The van der Waals surface area contributed by atoms with Gasteiger partial charge in [0.2, 0.25) is 15.9 Å². The molecule has 21 heavy (non-hydrogen) atoms. The average molecular weight is 312 g/mol. The van der Waals surface area contributed by atoms with Crippen molar-refractivity contribution in [2.24, 2.45) is 5.92 Å². The first kappa shape index (κ1) is 14.5. The summed E-state index contributed by atoms with van der Waals surface area (Å²) in [4.78, 5) is 14.4. The normalized spacial score (nSPS) is 21.8. The van der Waals surface area contributed by atoms with Crippen LogP contribution in [-0.4, -0.2) is 59.9 Å². The van der Waals surface area contributed by atoms with E-state index in [4.69, 9.17) is 0 Å². The van der Waals surface area contributed by atoms with Gasteiger partial charge in [-0.1, -0.05) is 0 Å². The lowest BCUT2D eigenvalue weighted by molar-refractivity contribution is -0.135. The van der Waals surface area contributed by atoms with Crippen LogP contribution in [-0.2, 0) is 14.8 Å². The van der Waals surface area contributed by atoms with Gasteiger partial charge in [0.15, 0.2) is 0 Å². The van der Waals surface area contributed by atoms with Crippen LogP contribution in [0.1, 0.15) is 25.7 Å². The Kier molecular flexibility index (Phi) is 3.99. The molecule has 1 amide bonds. The zero-order chi connectivity index (χ0) is 14.9. The van der Waals surface area contributed by atoms with Crippen LogP contribution >= 0.6 is 0 Å². The molecule has 0 atom stereocenters. The fourth-order valence-corrected chi connectivity index (χ4v) is 4.45. The molecule has 3 heterocycles. The van der Waals surface area contributed by atoms with E-state index >= 15 is 0 Å². The summed E-state index contributed by atoms with van der Waals surface area (Å²) in [6, 6.07) is 0. The Bertz CT molecular complexity index is 585. The Morgan fingerprint density at radius 2 is 1.86 bits per heavy atom. The predicted octanol–water partition coefficient (Wildman–Crippen LogP) is 0.433. The number of piperidine rings is 1. The number of likely N-dealkylation sites (tertiary alicyclic amines) is 1. The van der Waals surface area contributed by atoms with Gasteiger partial charge in [0, 0.05) is 38.3 Å². The van der Waals surface area contributed by atoms with Crippen molar-refractivity contribution >= 4 is 15.9 Å². The average Bonchev–Trinajstić information content (AvgIpc) is 3.19. The maximum atomic E-state index is 12.4. The molecule has 0 saturated carbocycles. The molecule has 0 aromatic carbocycles. The van der Waals surface area contributed by atoms with Crippen molar-refractivity contribution in [2.45, 2.75) is 30.6 Å². The van der Waals surface area contributed by atoms with Crippen LogP contribution in [0.25, 0.3) is 0 Å². The molecule has 0 unspecified atom stereocenters. The third-order valence-electron chi connectivity index (χ3n) is 4.33. The van der Waals surface area contributed by atoms with Gasteiger partial charge in [-0.25, -0.2) is 8.42 Å². The van der Waals surface area contributed by atoms with Crippen LogP contribution < -0.4 is 0 Å². The molecular weight excluding hydrogens is 292 g/mol. The number of amides is 1. The zero-order valence-corrected chi connectivity index (χ0v) is 12.7. The standard InChI is InChI=1S/C13H20N4O3S/c18-13(16-5-1-2-6-16)11-3-7-17(8-4-11)21(19,20)12-9-14-15-10-12/h9-11H,1-8H2,(H,14,15). The monoisotopic (exact) mass is 312 g/mol. The van der Waals surface area contributed by atoms with Crippen LogP contribution in [0, 0.1) is 5.92 Å². The lowest BCUT2D eigenvalue weighted by Gasteiger charge is -2.32. The number of carbonyl (C=O) groups is 1. The van der Waals surface area contributed by atoms with Crippen LogP contribution in [0.3, 0.4) is 0 Å². The lowest BCUT2D eigenvalue weighted by atomic mass is 9.97. The van der Waals surface area contributed by atoms with Crippen LogP contribution in [0.5, 0.6) is 0 Å². The van der Waals surface area contributed by atoms with Crippen molar-refractivity contribution in [1.29, 1.82) is 0 Å². The van der Waals surface area contributed by atoms with E-state index in [-0.39, 0.29) is 16.7 Å². The highest BCUT2D eigenvalue weighted by molar-refractivity contribution is 7.89. The van der Waals surface area contributed by atoms with Crippen molar-refractivity contribution < 1.29 is 13.2 Å². The Morgan fingerprint density at radius 3 is 2.43 bits per heavy atom. The molecule has 0 aliphatic carbocycles. The molecule has 2 fully saturated rings. The highest BCUT2D eigenvalue weighted by Gasteiger charge is 2.34. The summed E-state index contributed by atoms with van der Waals surface area (Å²) in [5, 5.41) is 6.21. The van der Waals surface area contributed by atoms with Crippen molar-refractivity contribution in [2.75, 3.05) is 26.2 Å². The van der Waals surface area contributed by atoms with Gasteiger partial charge in [-0.2, -0.15) is 9.40 Å². The van der Waals surface area contributed by atoms with Gasteiger partial charge in [-0.05, 0) is 25.7 Å². The summed E-state index contributed by atoms with van der Waals surface area (Å²) >= 11 is 0. The minimum absolute atomic E-state index is 0.0288. The second-order valence-corrected chi connectivity index (χ2v) is 7.58. The Balaban J connectivity index is 1.61. The SMILES string of the molecule is O=C(C1CCN(S(=O)(=O)c2cn[nH]c2)CC1)N1CCCC1. The first-order valence-electron chi connectivity index (χ1n) is 7.37. The zero-order valence-electron chi connectivity index (χ0n) is 11.9. The predicted molar refractivity (Wildman–Crippen MR) is 75.9 cm³/mol. The van der Waals surface area contributed by atoms with E-state index in [2.05, 4.69) is 10.2 Å². The molecule has 7 nitrogen and oxygen atoms in total. The number of carbonyl (C=O) groups excluding carboxylic acids is 1. The number of H-pyrrole nitrogens is 1. The quantitative estimate of drug-likeness (QED) is 0.877. The molecule has 0 spiro atoms. The van der Waals surface area contributed by atoms with Gasteiger partial charge >= 0.3 is 0 Å². The fourth-order valence-electron chi connectivity index (χ4n) is 3.07. The van der Waals surface area contributed by atoms with Crippen molar-refractivity contribution in [3.8, 4) is 0 Å². The Hall–Kier alpha value is -1.41. The van der Waals surface area contributed by atoms with Gasteiger partial charge in [0.1, 0.15) is 4.90 Å². The summed E-state index contributed by atoms with van der Waals surface area (Å²) in [7, 11) is -3.47. The molecule has 1 aromatic heterocycles. The van der Waals surface area contributed by atoms with Gasteiger partial charge in [0.05, 0.1) is 6.20 Å². The van der Waals surface area contributed by atoms with E-state index < -0.39 is 10.0 Å². The molecule has 2 saturated heterocycles. The van der Waals surface area contributed by atoms with Crippen LogP contribution in [0.15, 0.2) is 17.3 Å². The summed E-state index contributed by atoms with van der Waals surface area (Å²) in [6.45, 7) is 2.51. The van der Waals surface area contributed by atoms with E-state index in [9.17, 15) is 13.2 Å². The largest absolute Gasteiger partial charge is 0.342 e. The number of rotatable bonds is 3. The number of hydrogen-bond acceptors (Lipinski definition) is 4. The second-order valence-electron chi connectivity index (χ2n) is 5.64. The van der Waals surface area contributed by atoms with Gasteiger partial charge in [-0.3, -0.25) is 9.89 Å². The third kappa shape index (κ3) is 2.82. The number of hydrogen-bond donors (Lipinski definition) is 1. The van der Waals surface area contributed by atoms with Gasteiger partial charge < -0.3 is 4.90 Å². The van der Waals surface area contributed by atoms with Crippen LogP contribution in [0.2, 0.25) is 0 Å². The third-order valence-corrected chi connectivity index (χ3v) is 6.20. The van der Waals surface area contributed by atoms with Crippen LogP contribution in [0.4, 0.5) is 0 Å². The van der Waals surface area contributed by atoms with E-state index in [0.717, 1.165) is 25.9 Å². The molecule has 3 rings (SSSR count). The molecule has 1 aromatic rings. The molecule has 1 N–H and O–H groups in total. The fraction of sp³-hybridized carbons (Fsp3) is 0.692. The Morgan fingerprint density at radius 1 is 1.19 bits per heavy atom. The maximum absolute atomic E-state index is 12.4. The van der Waals surface area contributed by atoms with E-state index in [0.29, 0.717) is 25.9 Å². The number of nitrogens with zero attached hydrogens (tertiary/aromatic N) is 3. The number of aromatic amines is 1. The minimum atomic E-state index is -3.47. The van der Waals surface area contributed by atoms with E-state index in [1.807, 2.05) is 4.90 Å². The highest BCUT2D eigenvalue weighted by atomic mass is 32.2. The van der Waals surface area contributed by atoms with Crippen molar-refractivity contribution in [3.63, 3.8) is 0 Å². The minimum Gasteiger partial charge on any atom is -0.342 e. The summed E-state index contributed by atoms with van der Waals surface area (Å²) < 4.78 is 26.2. The molecule has 8 heteroatoms. The van der Waals surface area contributed by atoms with Crippen molar-refractivity contribution in [1.82, 2.24) is 19.4 Å². The second kappa shape index (κ2) is 5.76. The van der Waals surface area contributed by atoms with Gasteiger partial charge in [0.25, 0.3) is 0 Å². The topological polar surface area (TPSA) is 86.4 Å². The number of nitrogens with one attached hydrogen (secondary N) is 1. The summed E-state index contributed by atoms with van der Waals surface area (Å²) in [5.74, 6) is 0.173. The molecule has 2 aliphatic heterocycles. The van der Waals surface area contributed by atoms with E-state index in [1.165, 1.54) is 16.7 Å².